The largest absolute Gasteiger partial charge is 0.341 e. The van der Waals surface area contributed by atoms with Gasteiger partial charge in [0.2, 0.25) is 5.95 Å². The van der Waals surface area contributed by atoms with Gasteiger partial charge in [0.15, 0.2) is 0 Å². The molecular formula is C16H18ClN5O. The molecule has 0 unspecified atom stereocenters. The maximum absolute atomic E-state index is 11.9. The Kier molecular flexibility index (Phi) is 4.92. The lowest BCUT2D eigenvalue weighted by molar-refractivity contribution is 0.251. The zero-order valence-electron chi connectivity index (χ0n) is 12.6. The number of benzene rings is 1. The summed E-state index contributed by atoms with van der Waals surface area (Å²) in [6.45, 7) is 2.34. The summed E-state index contributed by atoms with van der Waals surface area (Å²) < 4.78 is 0. The number of urea groups is 1. The van der Waals surface area contributed by atoms with Crippen molar-refractivity contribution in [1.82, 2.24) is 15.3 Å². The standard InChI is InChI=1S/C16H18ClN5O/c17-12-3-5-13(6-4-12)21-16(23)19-11-14-7-8-18-15(20-14)22-9-1-2-10-22/h3-8H,1-2,9-11H2,(H2,19,21,23). The number of hydrogen-bond donors (Lipinski definition) is 2. The fourth-order valence-corrected chi connectivity index (χ4v) is 2.56. The number of rotatable bonds is 4. The predicted molar refractivity (Wildman–Crippen MR) is 90.8 cm³/mol. The number of anilines is 2. The van der Waals surface area contributed by atoms with Gasteiger partial charge in [-0.15, -0.1) is 0 Å². The SMILES string of the molecule is O=C(NCc1ccnc(N2CCCC2)n1)Nc1ccc(Cl)cc1. The lowest BCUT2D eigenvalue weighted by atomic mass is 10.3. The van der Waals surface area contributed by atoms with E-state index >= 15 is 0 Å². The Balaban J connectivity index is 1.54. The van der Waals surface area contributed by atoms with Gasteiger partial charge in [-0.05, 0) is 43.2 Å². The Morgan fingerprint density at radius 3 is 2.65 bits per heavy atom. The predicted octanol–water partition coefficient (Wildman–Crippen LogP) is 3.05. The van der Waals surface area contributed by atoms with Crippen molar-refractivity contribution < 1.29 is 4.79 Å². The zero-order chi connectivity index (χ0) is 16.1. The lowest BCUT2D eigenvalue weighted by Crippen LogP contribution is -2.29. The third-order valence-corrected chi connectivity index (χ3v) is 3.87. The molecule has 1 saturated heterocycles. The molecule has 0 saturated carbocycles. The number of nitrogens with one attached hydrogen (secondary N) is 2. The van der Waals surface area contributed by atoms with Gasteiger partial charge >= 0.3 is 6.03 Å². The molecule has 0 spiro atoms. The fourth-order valence-electron chi connectivity index (χ4n) is 2.43. The van der Waals surface area contributed by atoms with Crippen LogP contribution in [-0.2, 0) is 6.54 Å². The Morgan fingerprint density at radius 1 is 1.17 bits per heavy atom. The summed E-state index contributed by atoms with van der Waals surface area (Å²) in [7, 11) is 0. The molecule has 0 radical (unpaired) electrons. The molecule has 1 aromatic heterocycles. The Hall–Kier alpha value is -2.34. The number of carbonyl (C=O) groups is 1. The van der Waals surface area contributed by atoms with Crippen LogP contribution in [0.2, 0.25) is 5.02 Å². The summed E-state index contributed by atoms with van der Waals surface area (Å²) in [5, 5.41) is 6.17. The molecule has 23 heavy (non-hydrogen) atoms. The number of hydrogen-bond acceptors (Lipinski definition) is 4. The molecule has 2 aromatic rings. The van der Waals surface area contributed by atoms with E-state index in [9.17, 15) is 4.79 Å². The number of halogens is 1. The van der Waals surface area contributed by atoms with Crippen molar-refractivity contribution in [3.05, 3.63) is 47.2 Å². The smallest absolute Gasteiger partial charge is 0.319 e. The second-order valence-corrected chi connectivity index (χ2v) is 5.79. The first kappa shape index (κ1) is 15.6. The Labute approximate surface area is 139 Å². The molecule has 1 aliphatic rings. The quantitative estimate of drug-likeness (QED) is 0.903. The van der Waals surface area contributed by atoms with Gasteiger partial charge in [0, 0.05) is 30.0 Å². The van der Waals surface area contributed by atoms with Gasteiger partial charge < -0.3 is 15.5 Å². The fraction of sp³-hybridized carbons (Fsp3) is 0.312. The van der Waals surface area contributed by atoms with Crippen LogP contribution in [0.4, 0.5) is 16.4 Å². The summed E-state index contributed by atoms with van der Waals surface area (Å²) in [5.41, 5.74) is 1.47. The number of carbonyl (C=O) groups excluding carboxylic acids is 1. The number of amides is 2. The molecule has 1 aliphatic heterocycles. The van der Waals surface area contributed by atoms with Crippen LogP contribution in [0.3, 0.4) is 0 Å². The summed E-state index contributed by atoms with van der Waals surface area (Å²) >= 11 is 5.81. The third kappa shape index (κ3) is 4.32. The first-order valence-electron chi connectivity index (χ1n) is 7.58. The highest BCUT2D eigenvalue weighted by atomic mass is 35.5. The van der Waals surface area contributed by atoms with Crippen molar-refractivity contribution in [2.45, 2.75) is 19.4 Å². The van der Waals surface area contributed by atoms with E-state index in [0.717, 1.165) is 24.7 Å². The van der Waals surface area contributed by atoms with Crippen molar-refractivity contribution in [2.24, 2.45) is 0 Å². The molecule has 1 fully saturated rings. The van der Waals surface area contributed by atoms with Crippen LogP contribution in [-0.4, -0.2) is 29.1 Å². The monoisotopic (exact) mass is 331 g/mol. The average molecular weight is 332 g/mol. The van der Waals surface area contributed by atoms with E-state index in [1.54, 1.807) is 30.5 Å². The van der Waals surface area contributed by atoms with Crippen molar-refractivity contribution in [3.8, 4) is 0 Å². The van der Waals surface area contributed by atoms with Crippen molar-refractivity contribution in [1.29, 1.82) is 0 Å². The first-order valence-corrected chi connectivity index (χ1v) is 7.96. The third-order valence-electron chi connectivity index (χ3n) is 3.62. The normalized spacial score (nSPS) is 13.9. The molecule has 2 amide bonds. The van der Waals surface area contributed by atoms with Crippen LogP contribution in [0.1, 0.15) is 18.5 Å². The molecule has 2 heterocycles. The molecule has 7 heteroatoms. The summed E-state index contributed by atoms with van der Waals surface area (Å²) in [5.74, 6) is 0.736. The minimum absolute atomic E-state index is 0.284. The second kappa shape index (κ2) is 7.28. The average Bonchev–Trinajstić information content (AvgIpc) is 3.10. The van der Waals surface area contributed by atoms with E-state index in [1.807, 2.05) is 6.07 Å². The maximum atomic E-state index is 11.9. The van der Waals surface area contributed by atoms with Crippen LogP contribution in [0, 0.1) is 0 Å². The van der Waals surface area contributed by atoms with Gasteiger partial charge in [-0.3, -0.25) is 0 Å². The van der Waals surface area contributed by atoms with Crippen LogP contribution < -0.4 is 15.5 Å². The Bertz CT molecular complexity index is 670. The molecule has 120 valence electrons. The van der Waals surface area contributed by atoms with E-state index in [1.165, 1.54) is 12.8 Å². The van der Waals surface area contributed by atoms with E-state index < -0.39 is 0 Å². The van der Waals surface area contributed by atoms with E-state index in [-0.39, 0.29) is 6.03 Å². The van der Waals surface area contributed by atoms with Crippen molar-refractivity contribution >= 4 is 29.3 Å². The molecule has 6 nitrogen and oxygen atoms in total. The topological polar surface area (TPSA) is 70.2 Å². The minimum Gasteiger partial charge on any atom is -0.341 e. The van der Waals surface area contributed by atoms with Gasteiger partial charge in [0.05, 0.1) is 12.2 Å². The number of aromatic nitrogens is 2. The number of nitrogens with zero attached hydrogens (tertiary/aromatic N) is 3. The molecule has 1 aromatic carbocycles. The maximum Gasteiger partial charge on any atom is 0.319 e. The van der Waals surface area contributed by atoms with Gasteiger partial charge in [0.25, 0.3) is 0 Å². The van der Waals surface area contributed by atoms with Gasteiger partial charge in [-0.1, -0.05) is 11.6 Å². The summed E-state index contributed by atoms with van der Waals surface area (Å²) in [6.07, 6.45) is 4.08. The molecule has 0 aliphatic carbocycles. The molecule has 2 N–H and O–H groups in total. The Morgan fingerprint density at radius 2 is 1.91 bits per heavy atom. The van der Waals surface area contributed by atoms with Crippen LogP contribution in [0.25, 0.3) is 0 Å². The molecule has 0 bridgehead atoms. The zero-order valence-corrected chi connectivity index (χ0v) is 13.4. The van der Waals surface area contributed by atoms with Crippen LogP contribution in [0.5, 0.6) is 0 Å². The van der Waals surface area contributed by atoms with Gasteiger partial charge in [0.1, 0.15) is 0 Å². The first-order chi connectivity index (χ1) is 11.2. The van der Waals surface area contributed by atoms with Gasteiger partial charge in [-0.2, -0.15) is 0 Å². The summed E-state index contributed by atoms with van der Waals surface area (Å²) in [4.78, 5) is 22.9. The van der Waals surface area contributed by atoms with E-state index in [0.29, 0.717) is 17.3 Å². The molecular weight excluding hydrogens is 314 g/mol. The van der Waals surface area contributed by atoms with E-state index in [4.69, 9.17) is 11.6 Å². The molecule has 3 rings (SSSR count). The van der Waals surface area contributed by atoms with Crippen molar-refractivity contribution in [3.63, 3.8) is 0 Å². The second-order valence-electron chi connectivity index (χ2n) is 5.36. The van der Waals surface area contributed by atoms with Crippen molar-refractivity contribution in [2.75, 3.05) is 23.3 Å². The van der Waals surface area contributed by atoms with E-state index in [2.05, 4.69) is 25.5 Å². The lowest BCUT2D eigenvalue weighted by Gasteiger charge is -2.15. The van der Waals surface area contributed by atoms with Crippen LogP contribution >= 0.6 is 11.6 Å². The highest BCUT2D eigenvalue weighted by molar-refractivity contribution is 6.30. The summed E-state index contributed by atoms with van der Waals surface area (Å²) in [6, 6.07) is 8.47. The molecule has 0 atom stereocenters. The highest BCUT2D eigenvalue weighted by Gasteiger charge is 2.15. The van der Waals surface area contributed by atoms with Gasteiger partial charge in [-0.25, -0.2) is 14.8 Å². The van der Waals surface area contributed by atoms with Crippen LogP contribution in [0.15, 0.2) is 36.5 Å². The minimum atomic E-state index is -0.284. The highest BCUT2D eigenvalue weighted by Crippen LogP contribution is 2.15.